The Morgan fingerprint density at radius 3 is 2.56 bits per heavy atom. The quantitative estimate of drug-likeness (QED) is 0.602. The van der Waals surface area contributed by atoms with Crippen molar-refractivity contribution in [1.29, 1.82) is 0 Å². The molecule has 94 valence electrons. The molecule has 2 rings (SSSR count). The Labute approximate surface area is 130 Å². The number of rotatable bonds is 2. The summed E-state index contributed by atoms with van der Waals surface area (Å²) in [6.07, 6.45) is 1.52. The molecule has 18 heavy (non-hydrogen) atoms. The van der Waals surface area contributed by atoms with Crippen molar-refractivity contribution >= 4 is 72.3 Å². The van der Waals surface area contributed by atoms with Crippen LogP contribution in [0.25, 0.3) is 0 Å². The van der Waals surface area contributed by atoms with Gasteiger partial charge in [0.05, 0.1) is 20.9 Å². The van der Waals surface area contributed by atoms with Crippen molar-refractivity contribution in [3.8, 4) is 5.75 Å². The molecule has 1 fully saturated rings. The number of hydrogen-bond acceptors (Lipinski definition) is 5. The number of carbonyl (C=O) groups is 1. The number of thiocarbonyl (C=S) groups is 1. The summed E-state index contributed by atoms with van der Waals surface area (Å²) in [7, 11) is 0. The molecule has 0 spiro atoms. The summed E-state index contributed by atoms with van der Waals surface area (Å²) in [5.41, 5.74) is 0.735. The average Bonchev–Trinajstić information content (AvgIpc) is 2.63. The lowest BCUT2D eigenvalue weighted by Crippen LogP contribution is -2.22. The lowest BCUT2D eigenvalue weighted by atomic mass is 10.2. The van der Waals surface area contributed by atoms with Crippen molar-refractivity contribution < 1.29 is 9.90 Å². The van der Waals surface area contributed by atoms with E-state index in [4.69, 9.17) is 12.2 Å². The van der Waals surface area contributed by atoms with Gasteiger partial charge in [0.15, 0.2) is 4.32 Å². The van der Waals surface area contributed by atoms with E-state index in [0.29, 0.717) is 19.0 Å². The van der Waals surface area contributed by atoms with Gasteiger partial charge >= 0.3 is 0 Å². The highest BCUT2D eigenvalue weighted by Gasteiger charge is 2.25. The monoisotopic (exact) mass is 408 g/mol. The van der Waals surface area contributed by atoms with Gasteiger partial charge in [0.25, 0.3) is 5.91 Å². The van der Waals surface area contributed by atoms with Crippen molar-refractivity contribution in [3.63, 3.8) is 0 Å². The lowest BCUT2D eigenvalue weighted by molar-refractivity contribution is -0.123. The van der Waals surface area contributed by atoms with E-state index in [1.54, 1.807) is 12.1 Å². The number of amides is 1. The molecule has 8 heteroatoms. The predicted octanol–water partition coefficient (Wildman–Crippen LogP) is 3.11. The summed E-state index contributed by atoms with van der Waals surface area (Å²) in [4.78, 5) is 11.4. The summed E-state index contributed by atoms with van der Waals surface area (Å²) in [5.74, 6) is 0.327. The maximum absolute atomic E-state index is 11.4. The van der Waals surface area contributed by atoms with Crippen molar-refractivity contribution in [2.24, 2.45) is 5.10 Å². The molecule has 1 aliphatic heterocycles. The molecule has 0 aromatic heterocycles. The maximum Gasteiger partial charge on any atom is 0.259 e. The second kappa shape index (κ2) is 5.68. The van der Waals surface area contributed by atoms with Crippen molar-refractivity contribution in [2.75, 3.05) is 5.75 Å². The molecule has 0 radical (unpaired) electrons. The third kappa shape index (κ3) is 2.93. The van der Waals surface area contributed by atoms with Crippen LogP contribution in [0.5, 0.6) is 5.75 Å². The molecule has 1 aliphatic rings. The number of hydrogen-bond donors (Lipinski definition) is 1. The van der Waals surface area contributed by atoms with Gasteiger partial charge in [0, 0.05) is 0 Å². The van der Waals surface area contributed by atoms with Gasteiger partial charge < -0.3 is 5.11 Å². The zero-order chi connectivity index (χ0) is 13.3. The smallest absolute Gasteiger partial charge is 0.259 e. The topological polar surface area (TPSA) is 52.9 Å². The Morgan fingerprint density at radius 1 is 1.44 bits per heavy atom. The third-order valence-electron chi connectivity index (χ3n) is 2.09. The minimum Gasteiger partial charge on any atom is -0.506 e. The summed E-state index contributed by atoms with van der Waals surface area (Å²) in [5, 5.41) is 14.8. The highest BCUT2D eigenvalue weighted by molar-refractivity contribution is 9.11. The van der Waals surface area contributed by atoms with E-state index >= 15 is 0 Å². The molecular formula is C10H6Br2N2O2S2. The van der Waals surface area contributed by atoms with E-state index in [1.807, 2.05) is 0 Å². The van der Waals surface area contributed by atoms with Gasteiger partial charge in [-0.15, -0.1) is 0 Å². The fourth-order valence-corrected chi connectivity index (χ4v) is 3.43. The molecule has 1 heterocycles. The summed E-state index contributed by atoms with van der Waals surface area (Å²) >= 11 is 12.7. The molecule has 0 bridgehead atoms. The van der Waals surface area contributed by atoms with Gasteiger partial charge in [-0.25, -0.2) is 0 Å². The number of carbonyl (C=O) groups excluding carboxylic acids is 1. The minimum absolute atomic E-state index is 0.121. The number of nitrogens with zero attached hydrogens (tertiary/aromatic N) is 2. The zero-order valence-electron chi connectivity index (χ0n) is 8.76. The molecule has 0 atom stereocenters. The first kappa shape index (κ1) is 14.0. The van der Waals surface area contributed by atoms with Crippen LogP contribution in [-0.4, -0.2) is 32.3 Å². The minimum atomic E-state index is -0.127. The number of aromatic hydroxyl groups is 1. The fraction of sp³-hybridized carbons (Fsp3) is 0.100. The molecule has 1 aromatic rings. The fourth-order valence-electron chi connectivity index (χ4n) is 1.24. The highest BCUT2D eigenvalue weighted by Crippen LogP contribution is 2.32. The zero-order valence-corrected chi connectivity index (χ0v) is 13.6. The second-order valence-corrected chi connectivity index (χ2v) is 6.66. The van der Waals surface area contributed by atoms with Crippen LogP contribution in [0.3, 0.4) is 0 Å². The van der Waals surface area contributed by atoms with Crippen LogP contribution in [0.4, 0.5) is 0 Å². The van der Waals surface area contributed by atoms with Crippen LogP contribution in [-0.2, 0) is 4.79 Å². The van der Waals surface area contributed by atoms with Crippen molar-refractivity contribution in [2.45, 2.75) is 0 Å². The normalized spacial score (nSPS) is 16.0. The number of phenolic OH excluding ortho intramolecular Hbond substituents is 1. The third-order valence-corrected chi connectivity index (χ3v) is 4.64. The predicted molar refractivity (Wildman–Crippen MR) is 83.0 cm³/mol. The number of benzene rings is 1. The number of halogens is 2. The summed E-state index contributed by atoms with van der Waals surface area (Å²) < 4.78 is 1.54. The highest BCUT2D eigenvalue weighted by atomic mass is 79.9. The Kier molecular flexibility index (Phi) is 4.41. The van der Waals surface area contributed by atoms with Gasteiger partial charge in [-0.3, -0.25) is 4.79 Å². The number of hydrazone groups is 1. The van der Waals surface area contributed by atoms with E-state index < -0.39 is 0 Å². The molecule has 0 aliphatic carbocycles. The van der Waals surface area contributed by atoms with E-state index in [2.05, 4.69) is 37.0 Å². The molecule has 1 N–H and O–H groups in total. The molecule has 0 unspecified atom stereocenters. The summed E-state index contributed by atoms with van der Waals surface area (Å²) in [6.45, 7) is 0. The first-order valence-corrected chi connectivity index (χ1v) is 7.68. The Hall–Kier alpha value is -0.440. The molecule has 1 saturated heterocycles. The molecule has 0 saturated carbocycles. The van der Waals surface area contributed by atoms with Crippen LogP contribution in [0.2, 0.25) is 0 Å². The second-order valence-electron chi connectivity index (χ2n) is 3.34. The summed E-state index contributed by atoms with van der Waals surface area (Å²) in [6, 6.07) is 3.39. The maximum atomic E-state index is 11.4. The van der Waals surface area contributed by atoms with Gasteiger partial charge in [-0.1, -0.05) is 24.0 Å². The van der Waals surface area contributed by atoms with Crippen molar-refractivity contribution in [1.82, 2.24) is 5.01 Å². The molecular weight excluding hydrogens is 404 g/mol. The number of thioether (sulfide) groups is 1. The molecule has 4 nitrogen and oxygen atoms in total. The Balaban J connectivity index is 2.24. The van der Waals surface area contributed by atoms with Crippen LogP contribution in [0, 0.1) is 0 Å². The molecule has 1 aromatic carbocycles. The standard InChI is InChI=1S/C10H6Br2N2O2S2/c11-6-1-5(2-7(12)9(6)16)3-13-14-8(15)4-18-10(14)17/h1-3,16H,4H2/b13-3+. The van der Waals surface area contributed by atoms with Crippen LogP contribution >= 0.6 is 55.8 Å². The SMILES string of the molecule is O=C1CSC(=S)N1/N=C/c1cc(Br)c(O)c(Br)c1. The Bertz CT molecular complexity index is 524. The van der Waals surface area contributed by atoms with Gasteiger partial charge in [0.1, 0.15) is 5.75 Å². The van der Waals surface area contributed by atoms with E-state index in [1.165, 1.54) is 23.0 Å². The van der Waals surface area contributed by atoms with Crippen LogP contribution in [0.1, 0.15) is 5.56 Å². The first-order valence-electron chi connectivity index (χ1n) is 4.70. The van der Waals surface area contributed by atoms with Gasteiger partial charge in [-0.2, -0.15) is 10.1 Å². The van der Waals surface area contributed by atoms with Gasteiger partial charge in [0.2, 0.25) is 0 Å². The van der Waals surface area contributed by atoms with E-state index in [-0.39, 0.29) is 11.7 Å². The van der Waals surface area contributed by atoms with Crippen molar-refractivity contribution in [3.05, 3.63) is 26.6 Å². The van der Waals surface area contributed by atoms with E-state index in [0.717, 1.165) is 5.56 Å². The van der Waals surface area contributed by atoms with Crippen LogP contribution in [0.15, 0.2) is 26.2 Å². The number of phenols is 1. The molecule has 1 amide bonds. The van der Waals surface area contributed by atoms with Crippen LogP contribution < -0.4 is 0 Å². The lowest BCUT2D eigenvalue weighted by Gasteiger charge is -2.07. The largest absolute Gasteiger partial charge is 0.506 e. The van der Waals surface area contributed by atoms with Gasteiger partial charge in [-0.05, 0) is 49.6 Å². The Morgan fingerprint density at radius 2 is 2.06 bits per heavy atom. The van der Waals surface area contributed by atoms with E-state index in [9.17, 15) is 9.90 Å². The first-order chi connectivity index (χ1) is 8.49. The average molecular weight is 410 g/mol.